The predicted molar refractivity (Wildman–Crippen MR) is 97.1 cm³/mol. The van der Waals surface area contributed by atoms with Gasteiger partial charge in [0, 0.05) is 11.9 Å². The molecule has 0 aliphatic carbocycles. The first kappa shape index (κ1) is 15.6. The Hall–Kier alpha value is -1.29. The average Bonchev–Trinajstić information content (AvgIpc) is 2.51. The van der Waals surface area contributed by atoms with Crippen LogP contribution in [0.25, 0.3) is 11.3 Å². The first-order valence-electron chi connectivity index (χ1n) is 6.76. The molecule has 1 unspecified atom stereocenters. The van der Waals surface area contributed by atoms with Crippen molar-refractivity contribution in [3.8, 4) is 0 Å². The van der Waals surface area contributed by atoms with Crippen LogP contribution in [0.15, 0.2) is 54.9 Å². The molecule has 1 aromatic heterocycles. The minimum atomic E-state index is 0.164. The molecule has 1 N–H and O–H groups in total. The molecule has 2 aromatic rings. The topological polar surface area (TPSA) is 24.9 Å². The lowest BCUT2D eigenvalue weighted by Crippen LogP contribution is -2.26. The maximum Gasteiger partial charge on any atom is 0.105 e. The van der Waals surface area contributed by atoms with Gasteiger partial charge in [0.2, 0.25) is 0 Å². The molecule has 1 aliphatic heterocycles. The van der Waals surface area contributed by atoms with Gasteiger partial charge in [-0.2, -0.15) is 0 Å². The van der Waals surface area contributed by atoms with E-state index in [0.717, 1.165) is 29.0 Å². The Morgan fingerprint density at radius 2 is 1.95 bits per heavy atom. The molecule has 0 spiro atoms. The van der Waals surface area contributed by atoms with Crippen molar-refractivity contribution in [1.29, 1.82) is 0 Å². The number of rotatable bonds is 2. The van der Waals surface area contributed by atoms with Gasteiger partial charge in [-0.15, -0.1) is 0 Å². The van der Waals surface area contributed by atoms with Crippen molar-refractivity contribution >= 4 is 50.4 Å². The molecule has 1 aliphatic rings. The van der Waals surface area contributed by atoms with Crippen LogP contribution in [0, 0.1) is 0 Å². The normalized spacial score (nSPS) is 18.3. The van der Waals surface area contributed by atoms with Gasteiger partial charge >= 0.3 is 0 Å². The summed E-state index contributed by atoms with van der Waals surface area (Å²) in [5.41, 5.74) is 4.74. The lowest BCUT2D eigenvalue weighted by Gasteiger charge is -2.28. The smallest absolute Gasteiger partial charge is 0.105 e. The molecule has 5 heteroatoms. The third-order valence-corrected chi connectivity index (χ3v) is 4.89. The minimum Gasteiger partial charge on any atom is -0.356 e. The summed E-state index contributed by atoms with van der Waals surface area (Å²) in [5.74, 6) is 0. The summed E-state index contributed by atoms with van der Waals surface area (Å²) in [6, 6.07) is 11.9. The van der Waals surface area contributed by atoms with Gasteiger partial charge in [0.15, 0.2) is 0 Å². The molecule has 2 heterocycles. The Bertz CT molecular complexity index is 757. The molecular weight excluding hydrogens is 383 g/mol. The Morgan fingerprint density at radius 3 is 2.64 bits per heavy atom. The highest BCUT2D eigenvalue weighted by Crippen LogP contribution is 2.38. The third-order valence-electron chi connectivity index (χ3n) is 3.52. The largest absolute Gasteiger partial charge is 0.356 e. The third kappa shape index (κ3) is 3.07. The Morgan fingerprint density at radius 1 is 1.23 bits per heavy atom. The van der Waals surface area contributed by atoms with Crippen LogP contribution in [-0.4, -0.2) is 9.81 Å². The van der Waals surface area contributed by atoms with E-state index in [4.69, 9.17) is 23.2 Å². The number of pyridine rings is 1. The zero-order valence-electron chi connectivity index (χ0n) is 11.6. The first-order valence-corrected chi connectivity index (χ1v) is 8.43. The molecule has 3 rings (SSSR count). The highest BCUT2D eigenvalue weighted by atomic mass is 79.9. The highest BCUT2D eigenvalue weighted by molar-refractivity contribution is 9.09. The Balaban J connectivity index is 2.19. The summed E-state index contributed by atoms with van der Waals surface area (Å²) in [5, 5.41) is 4.37. The van der Waals surface area contributed by atoms with Crippen molar-refractivity contribution in [2.24, 2.45) is 0 Å². The van der Waals surface area contributed by atoms with Crippen LogP contribution < -0.4 is 5.32 Å². The van der Waals surface area contributed by atoms with E-state index in [0.29, 0.717) is 15.7 Å². The van der Waals surface area contributed by atoms with E-state index in [9.17, 15) is 0 Å². The maximum atomic E-state index is 6.34. The van der Waals surface area contributed by atoms with E-state index in [1.165, 1.54) is 0 Å². The number of benzene rings is 1. The molecule has 0 saturated heterocycles. The van der Waals surface area contributed by atoms with Crippen molar-refractivity contribution in [2.45, 2.75) is 11.2 Å². The van der Waals surface area contributed by atoms with Crippen molar-refractivity contribution < 1.29 is 0 Å². The van der Waals surface area contributed by atoms with Gasteiger partial charge in [0.25, 0.3) is 0 Å². The number of nitrogens with zero attached hydrogens (tertiary/aromatic N) is 1. The number of nitrogens with one attached hydrogen (secondary N) is 1. The van der Waals surface area contributed by atoms with Crippen molar-refractivity contribution in [2.75, 3.05) is 0 Å². The van der Waals surface area contributed by atoms with Crippen LogP contribution in [0.3, 0.4) is 0 Å². The van der Waals surface area contributed by atoms with Crippen LogP contribution >= 0.6 is 39.1 Å². The molecule has 22 heavy (non-hydrogen) atoms. The summed E-state index contributed by atoms with van der Waals surface area (Å²) >= 11 is 15.9. The number of hydrogen-bond donors (Lipinski definition) is 1. The van der Waals surface area contributed by atoms with E-state index >= 15 is 0 Å². The van der Waals surface area contributed by atoms with Gasteiger partial charge in [-0.25, -0.2) is 0 Å². The van der Waals surface area contributed by atoms with Crippen LogP contribution in [0.1, 0.15) is 17.7 Å². The van der Waals surface area contributed by atoms with Crippen LogP contribution in [0.5, 0.6) is 0 Å². The first-order chi connectivity index (χ1) is 10.6. The zero-order valence-corrected chi connectivity index (χ0v) is 14.7. The molecule has 112 valence electrons. The van der Waals surface area contributed by atoms with Gasteiger partial charge < -0.3 is 5.32 Å². The molecule has 0 radical (unpaired) electrons. The van der Waals surface area contributed by atoms with Crippen LogP contribution in [-0.2, 0) is 0 Å². The van der Waals surface area contributed by atoms with Gasteiger partial charge in [-0.1, -0.05) is 76.0 Å². The van der Waals surface area contributed by atoms with E-state index in [1.54, 1.807) is 12.3 Å². The quantitative estimate of drug-likeness (QED) is 0.676. The Kier molecular flexibility index (Phi) is 4.57. The molecule has 0 amide bonds. The monoisotopic (exact) mass is 394 g/mol. The summed E-state index contributed by atoms with van der Waals surface area (Å²) in [4.78, 5) is 4.56. The second-order valence-electron chi connectivity index (χ2n) is 5.03. The zero-order chi connectivity index (χ0) is 15.7. The Labute approximate surface area is 148 Å². The summed E-state index contributed by atoms with van der Waals surface area (Å²) < 4.78 is 0. The molecule has 2 nitrogen and oxygen atoms in total. The van der Waals surface area contributed by atoms with Crippen molar-refractivity contribution in [3.63, 3.8) is 0 Å². The van der Waals surface area contributed by atoms with Crippen molar-refractivity contribution in [1.82, 2.24) is 10.3 Å². The standard InChI is InChI=1S/C17H13BrCl2N2/c1-10-14(18)8-13(11-5-3-2-4-6-11)16(22-10)17-15(20)7-12(19)9-21-17/h2-7,9,14,22H,1,8H2. The fourth-order valence-corrected chi connectivity index (χ4v) is 3.33. The summed E-state index contributed by atoms with van der Waals surface area (Å²) in [6.07, 6.45) is 2.41. The molecular formula is C17H13BrCl2N2. The van der Waals surface area contributed by atoms with Crippen LogP contribution in [0.2, 0.25) is 10.0 Å². The van der Waals surface area contributed by atoms with Gasteiger partial charge in [0.1, 0.15) is 5.69 Å². The number of hydrogen-bond acceptors (Lipinski definition) is 2. The average molecular weight is 396 g/mol. The lowest BCUT2D eigenvalue weighted by atomic mass is 9.93. The second kappa shape index (κ2) is 6.45. The van der Waals surface area contributed by atoms with Crippen molar-refractivity contribution in [3.05, 3.63) is 76.2 Å². The van der Waals surface area contributed by atoms with E-state index in [-0.39, 0.29) is 4.83 Å². The molecule has 1 atom stereocenters. The molecule has 0 saturated carbocycles. The molecule has 0 bridgehead atoms. The summed E-state index contributed by atoms with van der Waals surface area (Å²) in [6.45, 7) is 4.06. The van der Waals surface area contributed by atoms with E-state index in [1.807, 2.05) is 18.2 Å². The fourth-order valence-electron chi connectivity index (χ4n) is 2.42. The number of aromatic nitrogens is 1. The molecule has 0 fully saturated rings. The number of alkyl halides is 1. The minimum absolute atomic E-state index is 0.164. The fraction of sp³-hybridized carbons (Fsp3) is 0.118. The van der Waals surface area contributed by atoms with Gasteiger partial charge in [0.05, 0.1) is 20.6 Å². The SMILES string of the molecule is C=C1NC(c2ncc(Cl)cc2Cl)=C(c2ccccc2)CC1Br. The number of allylic oxidation sites excluding steroid dienone is 2. The van der Waals surface area contributed by atoms with Crippen LogP contribution in [0.4, 0.5) is 0 Å². The second-order valence-corrected chi connectivity index (χ2v) is 6.97. The van der Waals surface area contributed by atoms with Gasteiger partial charge in [-0.05, 0) is 23.6 Å². The van der Waals surface area contributed by atoms with E-state index < -0.39 is 0 Å². The number of halogens is 3. The van der Waals surface area contributed by atoms with E-state index in [2.05, 4.69) is 44.9 Å². The molecule has 1 aromatic carbocycles. The van der Waals surface area contributed by atoms with Gasteiger partial charge in [-0.3, -0.25) is 4.98 Å². The lowest BCUT2D eigenvalue weighted by molar-refractivity contribution is 0.895. The maximum absolute atomic E-state index is 6.34. The highest BCUT2D eigenvalue weighted by Gasteiger charge is 2.25. The predicted octanol–water partition coefficient (Wildman–Crippen LogP) is 5.53. The summed E-state index contributed by atoms with van der Waals surface area (Å²) in [7, 11) is 0.